The average Bonchev–Trinajstić information content (AvgIpc) is 2.54. The highest BCUT2D eigenvalue weighted by Gasteiger charge is 2.12. The Kier molecular flexibility index (Phi) is 3.53. The van der Waals surface area contributed by atoms with E-state index in [1.54, 1.807) is 24.4 Å². The van der Waals surface area contributed by atoms with Gasteiger partial charge in [-0.15, -0.1) is 0 Å². The molecular formula is C17H13N3O2. The average molecular weight is 291 g/mol. The number of carbonyl (C=O) groups excluding carboxylic acids is 2. The molecule has 0 aliphatic heterocycles. The van der Waals surface area contributed by atoms with Crippen molar-refractivity contribution in [1.82, 2.24) is 4.98 Å². The zero-order chi connectivity index (χ0) is 15.5. The van der Waals surface area contributed by atoms with E-state index < -0.39 is 5.91 Å². The van der Waals surface area contributed by atoms with E-state index in [0.29, 0.717) is 16.9 Å². The first kappa shape index (κ1) is 13.8. The quantitative estimate of drug-likeness (QED) is 0.777. The van der Waals surface area contributed by atoms with Gasteiger partial charge in [0, 0.05) is 22.8 Å². The third-order valence-electron chi connectivity index (χ3n) is 3.29. The number of nitrogens with two attached hydrogens (primary N) is 1. The number of nitrogens with zero attached hydrogens (tertiary/aromatic N) is 1. The van der Waals surface area contributed by atoms with Crippen LogP contribution in [0, 0.1) is 0 Å². The molecule has 0 aliphatic rings. The van der Waals surface area contributed by atoms with Gasteiger partial charge >= 0.3 is 0 Å². The zero-order valence-electron chi connectivity index (χ0n) is 11.6. The second-order valence-corrected chi connectivity index (χ2v) is 4.78. The van der Waals surface area contributed by atoms with E-state index in [-0.39, 0.29) is 5.91 Å². The van der Waals surface area contributed by atoms with E-state index >= 15 is 0 Å². The SMILES string of the molecule is NC(=O)c1cccc(NC(=O)c2nccc3ccccc23)c1. The van der Waals surface area contributed by atoms with Gasteiger partial charge in [-0.25, -0.2) is 0 Å². The second kappa shape index (κ2) is 5.65. The number of aromatic nitrogens is 1. The van der Waals surface area contributed by atoms with Gasteiger partial charge in [0.05, 0.1) is 0 Å². The molecule has 0 bridgehead atoms. The van der Waals surface area contributed by atoms with E-state index in [1.165, 1.54) is 6.07 Å². The summed E-state index contributed by atoms with van der Waals surface area (Å²) >= 11 is 0. The van der Waals surface area contributed by atoms with E-state index in [1.807, 2.05) is 30.3 Å². The van der Waals surface area contributed by atoms with Crippen molar-refractivity contribution in [2.45, 2.75) is 0 Å². The third-order valence-corrected chi connectivity index (χ3v) is 3.29. The lowest BCUT2D eigenvalue weighted by Crippen LogP contribution is -2.15. The summed E-state index contributed by atoms with van der Waals surface area (Å²) in [5.41, 5.74) is 6.40. The first-order valence-electron chi connectivity index (χ1n) is 6.70. The molecule has 5 heteroatoms. The maximum absolute atomic E-state index is 12.4. The Morgan fingerprint density at radius 2 is 1.82 bits per heavy atom. The van der Waals surface area contributed by atoms with Crippen LogP contribution >= 0.6 is 0 Å². The third kappa shape index (κ3) is 2.64. The monoisotopic (exact) mass is 291 g/mol. The molecule has 1 heterocycles. The van der Waals surface area contributed by atoms with E-state index in [2.05, 4.69) is 10.3 Å². The summed E-state index contributed by atoms with van der Waals surface area (Å²) < 4.78 is 0. The normalized spacial score (nSPS) is 10.4. The fraction of sp³-hybridized carbons (Fsp3) is 0. The van der Waals surface area contributed by atoms with Crippen molar-refractivity contribution in [3.8, 4) is 0 Å². The van der Waals surface area contributed by atoms with Crippen LogP contribution in [0.15, 0.2) is 60.8 Å². The fourth-order valence-electron chi connectivity index (χ4n) is 2.24. The molecule has 0 radical (unpaired) electrons. The number of rotatable bonds is 3. The van der Waals surface area contributed by atoms with Crippen LogP contribution in [0.4, 0.5) is 5.69 Å². The summed E-state index contributed by atoms with van der Waals surface area (Å²) in [5, 5.41) is 4.45. The maximum atomic E-state index is 12.4. The minimum Gasteiger partial charge on any atom is -0.366 e. The molecule has 5 nitrogen and oxygen atoms in total. The molecule has 0 saturated heterocycles. The molecule has 108 valence electrons. The first-order chi connectivity index (χ1) is 10.6. The van der Waals surface area contributed by atoms with Gasteiger partial charge in [0.25, 0.3) is 5.91 Å². The molecule has 3 aromatic rings. The van der Waals surface area contributed by atoms with Crippen LogP contribution < -0.4 is 11.1 Å². The predicted molar refractivity (Wildman–Crippen MR) is 84.7 cm³/mol. The number of anilines is 1. The number of primary amides is 1. The Hall–Kier alpha value is -3.21. The number of hydrogen-bond donors (Lipinski definition) is 2. The number of benzene rings is 2. The molecule has 0 aliphatic carbocycles. The summed E-state index contributed by atoms with van der Waals surface area (Å²) in [6.07, 6.45) is 1.59. The first-order valence-corrected chi connectivity index (χ1v) is 6.70. The van der Waals surface area contributed by atoms with Gasteiger partial charge in [-0.05, 0) is 29.7 Å². The Balaban J connectivity index is 1.94. The topological polar surface area (TPSA) is 85.1 Å². The summed E-state index contributed by atoms with van der Waals surface area (Å²) in [6, 6.07) is 15.8. The number of fused-ring (bicyclic) bond motifs is 1. The minimum absolute atomic E-state index is 0.335. The Morgan fingerprint density at radius 3 is 2.64 bits per heavy atom. The van der Waals surface area contributed by atoms with Crippen LogP contribution in [0.5, 0.6) is 0 Å². The number of amides is 2. The minimum atomic E-state index is -0.542. The van der Waals surface area contributed by atoms with Crippen LogP contribution in [0.3, 0.4) is 0 Å². The van der Waals surface area contributed by atoms with Gasteiger partial charge in [0.1, 0.15) is 5.69 Å². The summed E-state index contributed by atoms with van der Waals surface area (Å²) in [5.74, 6) is -0.877. The van der Waals surface area contributed by atoms with Crippen molar-refractivity contribution in [2.75, 3.05) is 5.32 Å². The van der Waals surface area contributed by atoms with Crippen molar-refractivity contribution in [1.29, 1.82) is 0 Å². The van der Waals surface area contributed by atoms with E-state index in [0.717, 1.165) is 10.8 Å². The molecule has 3 rings (SSSR count). The van der Waals surface area contributed by atoms with Gasteiger partial charge in [-0.3, -0.25) is 14.6 Å². The van der Waals surface area contributed by atoms with Crippen LogP contribution in [0.25, 0.3) is 10.8 Å². The van der Waals surface area contributed by atoms with E-state index in [4.69, 9.17) is 5.73 Å². The van der Waals surface area contributed by atoms with Gasteiger partial charge in [0.2, 0.25) is 5.91 Å². The van der Waals surface area contributed by atoms with Crippen molar-refractivity contribution >= 4 is 28.3 Å². The molecule has 22 heavy (non-hydrogen) atoms. The number of pyridine rings is 1. The molecule has 2 aromatic carbocycles. The number of carbonyl (C=O) groups is 2. The van der Waals surface area contributed by atoms with Gasteiger partial charge in [0.15, 0.2) is 0 Å². The molecular weight excluding hydrogens is 278 g/mol. The van der Waals surface area contributed by atoms with Gasteiger partial charge < -0.3 is 11.1 Å². The van der Waals surface area contributed by atoms with E-state index in [9.17, 15) is 9.59 Å². The zero-order valence-corrected chi connectivity index (χ0v) is 11.6. The molecule has 0 fully saturated rings. The van der Waals surface area contributed by atoms with Crippen molar-refractivity contribution in [3.63, 3.8) is 0 Å². The lowest BCUT2D eigenvalue weighted by atomic mass is 10.1. The molecule has 3 N–H and O–H groups in total. The smallest absolute Gasteiger partial charge is 0.274 e. The predicted octanol–water partition coefficient (Wildman–Crippen LogP) is 2.59. The second-order valence-electron chi connectivity index (χ2n) is 4.78. The number of hydrogen-bond acceptors (Lipinski definition) is 3. The van der Waals surface area contributed by atoms with Crippen LogP contribution in [-0.2, 0) is 0 Å². The standard InChI is InChI=1S/C17H13N3O2/c18-16(21)12-5-3-6-13(10-12)20-17(22)15-14-7-2-1-4-11(14)8-9-19-15/h1-10H,(H2,18,21)(H,20,22). The summed E-state index contributed by atoms with van der Waals surface area (Å²) in [7, 11) is 0. The highest BCUT2D eigenvalue weighted by Crippen LogP contribution is 2.18. The van der Waals surface area contributed by atoms with Crippen molar-refractivity contribution in [3.05, 3.63) is 72.1 Å². The molecule has 1 aromatic heterocycles. The molecule has 0 atom stereocenters. The van der Waals surface area contributed by atoms with Crippen LogP contribution in [-0.4, -0.2) is 16.8 Å². The van der Waals surface area contributed by atoms with Gasteiger partial charge in [-0.2, -0.15) is 0 Å². The summed E-state index contributed by atoms with van der Waals surface area (Å²) in [6.45, 7) is 0. The number of nitrogens with one attached hydrogen (secondary N) is 1. The molecule has 2 amide bonds. The lowest BCUT2D eigenvalue weighted by molar-refractivity contribution is 0.0995. The van der Waals surface area contributed by atoms with Crippen LogP contribution in [0.2, 0.25) is 0 Å². The summed E-state index contributed by atoms with van der Waals surface area (Å²) in [4.78, 5) is 27.8. The fourth-order valence-corrected chi connectivity index (χ4v) is 2.24. The molecule has 0 spiro atoms. The largest absolute Gasteiger partial charge is 0.366 e. The maximum Gasteiger partial charge on any atom is 0.274 e. The Bertz CT molecular complexity index is 869. The highest BCUT2D eigenvalue weighted by atomic mass is 16.2. The lowest BCUT2D eigenvalue weighted by Gasteiger charge is -2.08. The molecule has 0 saturated carbocycles. The Labute approximate surface area is 126 Å². The highest BCUT2D eigenvalue weighted by molar-refractivity contribution is 6.11. The van der Waals surface area contributed by atoms with Crippen molar-refractivity contribution in [2.24, 2.45) is 5.73 Å². The van der Waals surface area contributed by atoms with Crippen molar-refractivity contribution < 1.29 is 9.59 Å². The van der Waals surface area contributed by atoms with Gasteiger partial charge in [-0.1, -0.05) is 30.3 Å². The van der Waals surface area contributed by atoms with Crippen LogP contribution in [0.1, 0.15) is 20.8 Å². The Morgan fingerprint density at radius 1 is 1.00 bits per heavy atom. The molecule has 0 unspecified atom stereocenters.